The number of ether oxygens (including phenoxy) is 1. The van der Waals surface area contributed by atoms with Gasteiger partial charge in [-0.2, -0.15) is 0 Å². The van der Waals surface area contributed by atoms with Gasteiger partial charge in [-0.15, -0.1) is 0 Å². The van der Waals surface area contributed by atoms with Gasteiger partial charge in [0.1, 0.15) is 11.6 Å². The minimum absolute atomic E-state index is 0.0560. The standard InChI is InChI=1S/C16H15F2NO3/c1-9(2)11-5-6-14(22-8-15(20)21)19-16(11)12-4-3-10(17)7-13(12)18/h3-7,9H,8H2,1-2H3,(H,20,21). The van der Waals surface area contributed by atoms with E-state index in [0.717, 1.165) is 17.7 Å². The lowest BCUT2D eigenvalue weighted by atomic mass is 9.97. The summed E-state index contributed by atoms with van der Waals surface area (Å²) in [5.41, 5.74) is 1.22. The van der Waals surface area contributed by atoms with Crippen molar-refractivity contribution in [3.8, 4) is 17.1 Å². The van der Waals surface area contributed by atoms with Crippen molar-refractivity contribution in [2.75, 3.05) is 6.61 Å². The van der Waals surface area contributed by atoms with Gasteiger partial charge in [-0.05, 0) is 23.6 Å². The lowest BCUT2D eigenvalue weighted by Crippen LogP contribution is -2.11. The number of carboxylic acid groups (broad SMARTS) is 1. The van der Waals surface area contributed by atoms with E-state index in [1.54, 1.807) is 6.07 Å². The van der Waals surface area contributed by atoms with Gasteiger partial charge >= 0.3 is 5.97 Å². The van der Waals surface area contributed by atoms with Crippen LogP contribution in [0.1, 0.15) is 25.3 Å². The Labute approximate surface area is 126 Å². The van der Waals surface area contributed by atoms with Crippen LogP contribution < -0.4 is 4.74 Å². The van der Waals surface area contributed by atoms with Gasteiger partial charge in [0.25, 0.3) is 0 Å². The van der Waals surface area contributed by atoms with Crippen LogP contribution in [0, 0.1) is 11.6 Å². The van der Waals surface area contributed by atoms with E-state index in [4.69, 9.17) is 9.84 Å². The van der Waals surface area contributed by atoms with Crippen molar-refractivity contribution in [3.05, 3.63) is 47.5 Å². The Morgan fingerprint density at radius 3 is 2.59 bits per heavy atom. The van der Waals surface area contributed by atoms with Crippen LogP contribution in [0.5, 0.6) is 5.88 Å². The molecule has 0 aliphatic carbocycles. The number of rotatable bonds is 5. The maximum absolute atomic E-state index is 14.0. The van der Waals surface area contributed by atoms with E-state index in [9.17, 15) is 13.6 Å². The SMILES string of the molecule is CC(C)c1ccc(OCC(=O)O)nc1-c1ccc(F)cc1F. The normalized spacial score (nSPS) is 10.8. The predicted molar refractivity (Wildman–Crippen MR) is 76.8 cm³/mol. The molecule has 0 aliphatic heterocycles. The van der Waals surface area contributed by atoms with Gasteiger partial charge in [-0.1, -0.05) is 19.9 Å². The highest BCUT2D eigenvalue weighted by molar-refractivity contribution is 5.69. The molecule has 2 aromatic rings. The molecule has 1 aromatic carbocycles. The maximum Gasteiger partial charge on any atom is 0.341 e. The number of aromatic nitrogens is 1. The van der Waals surface area contributed by atoms with Gasteiger partial charge in [0.2, 0.25) is 5.88 Å². The average Bonchev–Trinajstić information content (AvgIpc) is 2.44. The quantitative estimate of drug-likeness (QED) is 0.916. The number of hydrogen-bond acceptors (Lipinski definition) is 3. The molecular weight excluding hydrogens is 292 g/mol. The number of aliphatic carboxylic acids is 1. The van der Waals surface area contributed by atoms with Gasteiger partial charge in [-0.25, -0.2) is 18.6 Å². The van der Waals surface area contributed by atoms with Crippen molar-refractivity contribution in [3.63, 3.8) is 0 Å². The lowest BCUT2D eigenvalue weighted by molar-refractivity contribution is -0.139. The molecule has 0 saturated heterocycles. The predicted octanol–water partition coefficient (Wildman–Crippen LogP) is 3.61. The molecule has 0 unspecified atom stereocenters. The summed E-state index contributed by atoms with van der Waals surface area (Å²) in [4.78, 5) is 14.7. The van der Waals surface area contributed by atoms with Crippen molar-refractivity contribution >= 4 is 5.97 Å². The van der Waals surface area contributed by atoms with Crippen LogP contribution in [0.4, 0.5) is 8.78 Å². The summed E-state index contributed by atoms with van der Waals surface area (Å²) < 4.78 is 32.1. The number of benzene rings is 1. The minimum Gasteiger partial charge on any atom is -0.479 e. The topological polar surface area (TPSA) is 59.4 Å². The molecule has 0 spiro atoms. The Hall–Kier alpha value is -2.50. The number of carboxylic acids is 1. The highest BCUT2D eigenvalue weighted by Gasteiger charge is 2.16. The number of hydrogen-bond donors (Lipinski definition) is 1. The molecule has 0 fully saturated rings. The third-order valence-electron chi connectivity index (χ3n) is 3.05. The van der Waals surface area contributed by atoms with Crippen molar-refractivity contribution in [1.82, 2.24) is 4.98 Å². The molecule has 0 atom stereocenters. The maximum atomic E-state index is 14.0. The Bertz CT molecular complexity index is 702. The summed E-state index contributed by atoms with van der Waals surface area (Å²) in [6.45, 7) is 3.29. The molecule has 2 rings (SSSR count). The van der Waals surface area contributed by atoms with E-state index in [2.05, 4.69) is 4.98 Å². The first kappa shape index (κ1) is 15.9. The molecule has 0 radical (unpaired) electrons. The molecule has 1 aromatic heterocycles. The first-order chi connectivity index (χ1) is 10.4. The molecule has 4 nitrogen and oxygen atoms in total. The van der Waals surface area contributed by atoms with Crippen LogP contribution in [-0.2, 0) is 4.79 Å². The Morgan fingerprint density at radius 1 is 1.27 bits per heavy atom. The second kappa shape index (κ2) is 6.51. The molecule has 116 valence electrons. The van der Waals surface area contributed by atoms with Gasteiger partial charge in [0.15, 0.2) is 6.61 Å². The Kier molecular flexibility index (Phi) is 4.70. The molecule has 0 aliphatic rings. The van der Waals surface area contributed by atoms with Gasteiger partial charge in [-0.3, -0.25) is 0 Å². The molecule has 22 heavy (non-hydrogen) atoms. The average molecular weight is 307 g/mol. The molecular formula is C16H15F2NO3. The number of halogens is 2. The van der Waals surface area contributed by atoms with Crippen LogP contribution in [-0.4, -0.2) is 22.7 Å². The number of nitrogens with zero attached hydrogens (tertiary/aromatic N) is 1. The van der Waals surface area contributed by atoms with Crippen molar-refractivity contribution < 1.29 is 23.4 Å². The zero-order valence-corrected chi connectivity index (χ0v) is 12.1. The molecule has 0 amide bonds. The van der Waals surface area contributed by atoms with E-state index in [-0.39, 0.29) is 17.4 Å². The largest absolute Gasteiger partial charge is 0.479 e. The zero-order valence-electron chi connectivity index (χ0n) is 12.1. The number of carbonyl (C=O) groups is 1. The van der Waals surface area contributed by atoms with Crippen LogP contribution in [0.2, 0.25) is 0 Å². The molecule has 6 heteroatoms. The summed E-state index contributed by atoms with van der Waals surface area (Å²) in [6.07, 6.45) is 0. The van der Waals surface area contributed by atoms with Crippen molar-refractivity contribution in [1.29, 1.82) is 0 Å². The highest BCUT2D eigenvalue weighted by atomic mass is 19.1. The van der Waals surface area contributed by atoms with Crippen molar-refractivity contribution in [2.45, 2.75) is 19.8 Å². The van der Waals surface area contributed by atoms with E-state index < -0.39 is 24.2 Å². The van der Waals surface area contributed by atoms with Gasteiger partial charge in [0, 0.05) is 17.7 Å². The first-order valence-electron chi connectivity index (χ1n) is 6.69. The van der Waals surface area contributed by atoms with E-state index in [1.165, 1.54) is 12.1 Å². The summed E-state index contributed by atoms with van der Waals surface area (Å²) in [6, 6.07) is 6.47. The monoisotopic (exact) mass is 307 g/mol. The first-order valence-corrected chi connectivity index (χ1v) is 6.69. The molecule has 1 N–H and O–H groups in total. The van der Waals surface area contributed by atoms with Gasteiger partial charge < -0.3 is 9.84 Å². The van der Waals surface area contributed by atoms with Crippen molar-refractivity contribution in [2.24, 2.45) is 0 Å². The summed E-state index contributed by atoms with van der Waals surface area (Å²) in [5, 5.41) is 8.62. The third-order valence-corrected chi connectivity index (χ3v) is 3.05. The third kappa shape index (κ3) is 3.58. The van der Waals surface area contributed by atoms with Crippen LogP contribution in [0.15, 0.2) is 30.3 Å². The molecule has 0 saturated carbocycles. The summed E-state index contributed by atoms with van der Waals surface area (Å²) >= 11 is 0. The van der Waals surface area contributed by atoms with E-state index in [0.29, 0.717) is 5.69 Å². The fraction of sp³-hybridized carbons (Fsp3) is 0.250. The Balaban J connectivity index is 2.50. The fourth-order valence-electron chi connectivity index (χ4n) is 2.03. The van der Waals surface area contributed by atoms with E-state index in [1.807, 2.05) is 13.8 Å². The van der Waals surface area contributed by atoms with Crippen LogP contribution in [0.25, 0.3) is 11.3 Å². The molecule has 0 bridgehead atoms. The fourth-order valence-corrected chi connectivity index (χ4v) is 2.03. The van der Waals surface area contributed by atoms with Crippen LogP contribution >= 0.6 is 0 Å². The highest BCUT2D eigenvalue weighted by Crippen LogP contribution is 2.31. The van der Waals surface area contributed by atoms with Crippen LogP contribution in [0.3, 0.4) is 0 Å². The molecule has 1 heterocycles. The summed E-state index contributed by atoms with van der Waals surface area (Å²) in [5.74, 6) is -2.41. The smallest absolute Gasteiger partial charge is 0.341 e. The minimum atomic E-state index is -1.13. The second-order valence-corrected chi connectivity index (χ2v) is 5.05. The van der Waals surface area contributed by atoms with E-state index >= 15 is 0 Å². The summed E-state index contributed by atoms with van der Waals surface area (Å²) in [7, 11) is 0. The number of pyridine rings is 1. The second-order valence-electron chi connectivity index (χ2n) is 5.05. The Morgan fingerprint density at radius 2 is 2.00 bits per heavy atom. The lowest BCUT2D eigenvalue weighted by Gasteiger charge is -2.14. The zero-order chi connectivity index (χ0) is 16.3. The van der Waals surface area contributed by atoms with Gasteiger partial charge in [0.05, 0.1) is 5.69 Å².